The summed E-state index contributed by atoms with van der Waals surface area (Å²) in [6.07, 6.45) is -0.472. The van der Waals surface area contributed by atoms with Gasteiger partial charge in [-0.3, -0.25) is 4.79 Å². The smallest absolute Gasteiger partial charge is 0.163 e. The van der Waals surface area contributed by atoms with Crippen LogP contribution in [0.25, 0.3) is 0 Å². The molecular weight excluding hydrogens is 214 g/mol. The number of hydrogen-bond acceptors (Lipinski definition) is 2. The zero-order valence-corrected chi connectivity index (χ0v) is 10.1. The fourth-order valence-electron chi connectivity index (χ4n) is 0.994. The summed E-state index contributed by atoms with van der Waals surface area (Å²) in [5.41, 5.74) is -0.505. The summed E-state index contributed by atoms with van der Waals surface area (Å²) in [6.45, 7) is 11.2. The number of ether oxygens (including phenoxy) is 1. The molecule has 4 heteroatoms. The third-order valence-electron chi connectivity index (χ3n) is 1.60. The molecule has 2 nitrogen and oxygen atoms in total. The molecule has 0 aromatic heterocycles. The van der Waals surface area contributed by atoms with Crippen LogP contribution in [-0.4, -0.2) is 19.0 Å². The van der Waals surface area contributed by atoms with Crippen LogP contribution in [0.3, 0.4) is 0 Å². The van der Waals surface area contributed by atoms with E-state index in [1.165, 1.54) is 14.0 Å². The van der Waals surface area contributed by atoms with Crippen LogP contribution in [-0.2, 0) is 9.53 Å². The molecule has 0 rings (SSSR count). The first-order valence-corrected chi connectivity index (χ1v) is 4.85. The first kappa shape index (κ1) is 17.1. The van der Waals surface area contributed by atoms with Crippen LogP contribution in [0.1, 0.15) is 20.8 Å². The molecule has 0 bridgehead atoms. The highest BCUT2D eigenvalue weighted by Gasteiger charge is 2.24. The number of allylic oxidation sites excluding steroid dienone is 2. The van der Waals surface area contributed by atoms with E-state index in [9.17, 15) is 13.6 Å². The van der Waals surface area contributed by atoms with Crippen LogP contribution in [0.5, 0.6) is 0 Å². The van der Waals surface area contributed by atoms with Crippen molar-refractivity contribution >= 4 is 5.78 Å². The Morgan fingerprint density at radius 3 is 2.00 bits per heavy atom. The van der Waals surface area contributed by atoms with E-state index in [2.05, 4.69) is 17.9 Å². The van der Waals surface area contributed by atoms with Gasteiger partial charge in [-0.15, -0.1) is 0 Å². The number of ketones is 1. The van der Waals surface area contributed by atoms with Gasteiger partial charge in [0.05, 0.1) is 5.57 Å². The molecule has 0 fully saturated rings. The van der Waals surface area contributed by atoms with Gasteiger partial charge >= 0.3 is 0 Å². The molecule has 0 spiro atoms. The fraction of sp³-hybridized carbons (Fsp3) is 0.417. The molecule has 0 aromatic carbocycles. The molecule has 0 saturated heterocycles. The van der Waals surface area contributed by atoms with Gasteiger partial charge in [0.15, 0.2) is 5.78 Å². The van der Waals surface area contributed by atoms with Gasteiger partial charge in [0.1, 0.15) is 17.8 Å². The molecular formula is C12H18F2O2. The van der Waals surface area contributed by atoms with Gasteiger partial charge in [0, 0.05) is 7.11 Å². The predicted octanol–water partition coefficient (Wildman–Crippen LogP) is 3.51. The molecule has 1 unspecified atom stereocenters. The third-order valence-corrected chi connectivity index (χ3v) is 1.60. The molecule has 0 amide bonds. The number of Topliss-reactive ketones (excluding diaryl/α,β-unsaturated/α-hetero) is 1. The minimum Gasteiger partial charge on any atom is -0.369 e. The highest BCUT2D eigenvalue weighted by atomic mass is 19.1. The average molecular weight is 232 g/mol. The van der Waals surface area contributed by atoms with Crippen molar-refractivity contribution < 1.29 is 18.3 Å². The lowest BCUT2D eigenvalue weighted by Gasteiger charge is -2.14. The topological polar surface area (TPSA) is 26.3 Å². The maximum Gasteiger partial charge on any atom is 0.163 e. The number of methoxy groups -OCH3 is 1. The van der Waals surface area contributed by atoms with Crippen molar-refractivity contribution in [2.75, 3.05) is 7.11 Å². The van der Waals surface area contributed by atoms with Crippen LogP contribution in [0.2, 0.25) is 0 Å². The predicted molar refractivity (Wildman–Crippen MR) is 61.4 cm³/mol. The maximum absolute atomic E-state index is 13.1. The number of carbonyl (C=O) groups excluding carboxylic acids is 1. The molecule has 0 heterocycles. The minimum atomic E-state index is -1.27. The molecule has 0 aliphatic carbocycles. The quantitative estimate of drug-likeness (QED) is 0.678. The largest absolute Gasteiger partial charge is 0.369 e. The third kappa shape index (κ3) is 4.98. The van der Waals surface area contributed by atoms with E-state index < -0.39 is 29.1 Å². The monoisotopic (exact) mass is 232 g/mol. The Kier molecular flexibility index (Phi) is 9.60. The lowest BCUT2D eigenvalue weighted by atomic mass is 10.0. The van der Waals surface area contributed by atoms with Gasteiger partial charge in [-0.2, -0.15) is 0 Å². The summed E-state index contributed by atoms with van der Waals surface area (Å²) in [5, 5.41) is 0. The maximum atomic E-state index is 13.1. The van der Waals surface area contributed by atoms with Crippen molar-refractivity contribution in [3.63, 3.8) is 0 Å². The average Bonchev–Trinajstić information content (AvgIpc) is 2.26. The zero-order valence-electron chi connectivity index (χ0n) is 10.1. The van der Waals surface area contributed by atoms with Gasteiger partial charge in [-0.05, 0) is 13.0 Å². The van der Waals surface area contributed by atoms with Crippen LogP contribution in [0.15, 0.2) is 36.5 Å². The van der Waals surface area contributed by atoms with E-state index in [-0.39, 0.29) is 0 Å². The summed E-state index contributed by atoms with van der Waals surface area (Å²) in [7, 11) is 1.19. The summed E-state index contributed by atoms with van der Waals surface area (Å²) < 4.78 is 30.6. The molecule has 1 atom stereocenters. The molecule has 0 N–H and O–H groups in total. The molecule has 0 saturated carbocycles. The van der Waals surface area contributed by atoms with Gasteiger partial charge < -0.3 is 4.74 Å². The molecule has 0 aliphatic rings. The SMILES string of the molecule is C=C/C(F)=C(\C(=C)F)C(OC)C(C)=O.CC. The first-order chi connectivity index (χ1) is 7.45. The lowest BCUT2D eigenvalue weighted by Crippen LogP contribution is -2.23. The minimum absolute atomic E-state index is 0.502. The van der Waals surface area contributed by atoms with Gasteiger partial charge in [-0.1, -0.05) is 27.0 Å². The van der Waals surface area contributed by atoms with Crippen LogP contribution in [0.4, 0.5) is 8.78 Å². The summed E-state index contributed by atoms with van der Waals surface area (Å²) in [5.74, 6) is -2.48. The number of carbonyl (C=O) groups is 1. The molecule has 92 valence electrons. The van der Waals surface area contributed by atoms with Crippen molar-refractivity contribution in [1.29, 1.82) is 0 Å². The van der Waals surface area contributed by atoms with E-state index in [1.807, 2.05) is 13.8 Å². The Balaban J connectivity index is 0. The first-order valence-electron chi connectivity index (χ1n) is 4.85. The Bertz CT molecular complexity index is 293. The van der Waals surface area contributed by atoms with Crippen molar-refractivity contribution in [2.45, 2.75) is 26.9 Å². The van der Waals surface area contributed by atoms with Gasteiger partial charge in [0.25, 0.3) is 0 Å². The Morgan fingerprint density at radius 1 is 1.38 bits per heavy atom. The number of hydrogen-bond donors (Lipinski definition) is 0. The summed E-state index contributed by atoms with van der Waals surface area (Å²) in [4.78, 5) is 11.0. The number of rotatable bonds is 5. The van der Waals surface area contributed by atoms with Crippen molar-refractivity contribution in [1.82, 2.24) is 0 Å². The highest BCUT2D eigenvalue weighted by Crippen LogP contribution is 2.22. The Morgan fingerprint density at radius 2 is 1.81 bits per heavy atom. The second-order valence-electron chi connectivity index (χ2n) is 2.60. The van der Waals surface area contributed by atoms with E-state index >= 15 is 0 Å². The second-order valence-corrected chi connectivity index (χ2v) is 2.60. The lowest BCUT2D eigenvalue weighted by molar-refractivity contribution is -0.124. The fourth-order valence-corrected chi connectivity index (χ4v) is 0.994. The van der Waals surface area contributed by atoms with Crippen molar-refractivity contribution in [3.05, 3.63) is 36.5 Å². The Labute approximate surface area is 95.3 Å². The zero-order chi connectivity index (χ0) is 13.3. The van der Waals surface area contributed by atoms with E-state index in [1.54, 1.807) is 0 Å². The summed E-state index contributed by atoms with van der Waals surface area (Å²) >= 11 is 0. The van der Waals surface area contributed by atoms with Crippen molar-refractivity contribution in [3.8, 4) is 0 Å². The van der Waals surface area contributed by atoms with E-state index in [0.717, 1.165) is 6.08 Å². The standard InChI is InChI=1S/C10H12F2O2.C2H6/c1-5-8(12)9(6(2)11)10(14-4)7(3)13;1-2/h5,10H,1-2H2,3-4H3;1-2H3/b9-8-;. The van der Waals surface area contributed by atoms with Crippen LogP contribution >= 0.6 is 0 Å². The summed E-state index contributed by atoms with van der Waals surface area (Å²) in [6, 6.07) is 0. The van der Waals surface area contributed by atoms with E-state index in [4.69, 9.17) is 0 Å². The normalized spacial score (nSPS) is 12.9. The molecule has 0 aromatic rings. The van der Waals surface area contributed by atoms with E-state index in [0.29, 0.717) is 0 Å². The van der Waals surface area contributed by atoms with Gasteiger partial charge in [-0.25, -0.2) is 8.78 Å². The molecule has 0 radical (unpaired) electrons. The second kappa shape index (κ2) is 8.97. The number of halogens is 2. The van der Waals surface area contributed by atoms with Gasteiger partial charge in [0.2, 0.25) is 0 Å². The van der Waals surface area contributed by atoms with Crippen LogP contribution in [0, 0.1) is 0 Å². The Hall–Kier alpha value is -1.29. The van der Waals surface area contributed by atoms with Crippen molar-refractivity contribution in [2.24, 2.45) is 0 Å². The van der Waals surface area contributed by atoms with Crippen LogP contribution < -0.4 is 0 Å². The highest BCUT2D eigenvalue weighted by molar-refractivity contribution is 5.85. The molecule has 0 aliphatic heterocycles. The molecule has 16 heavy (non-hydrogen) atoms.